The second-order valence-corrected chi connectivity index (χ2v) is 5.93. The Labute approximate surface area is 120 Å². The van der Waals surface area contributed by atoms with Crippen LogP contribution in [0, 0.1) is 5.92 Å². The summed E-state index contributed by atoms with van der Waals surface area (Å²) in [5, 5.41) is 3.36. The van der Waals surface area contributed by atoms with E-state index in [0.717, 1.165) is 12.1 Å². The topological polar surface area (TPSA) is 38.3 Å². The standard InChI is InChI=1S/C17H23NO2/c1-2-18-16-11-20-10-15(16)17(19)14-8-4-7-13(9-14)12-5-3-6-12/h4,7-9,12,15-16,18H,2-3,5-6,10-11H2,1H3. The molecular formula is C17H23NO2. The minimum Gasteiger partial charge on any atom is -0.379 e. The van der Waals surface area contributed by atoms with Gasteiger partial charge in [-0.05, 0) is 36.9 Å². The SMILES string of the molecule is CCNC1COCC1C(=O)c1cccc(C2CCC2)c1. The van der Waals surface area contributed by atoms with Gasteiger partial charge in [0.15, 0.2) is 5.78 Å². The summed E-state index contributed by atoms with van der Waals surface area (Å²) in [6.45, 7) is 4.13. The molecule has 3 nitrogen and oxygen atoms in total. The van der Waals surface area contributed by atoms with Crippen molar-refractivity contribution in [3.8, 4) is 0 Å². The minimum absolute atomic E-state index is 0.0356. The lowest BCUT2D eigenvalue weighted by Crippen LogP contribution is -2.39. The van der Waals surface area contributed by atoms with Crippen molar-refractivity contribution in [3.05, 3.63) is 35.4 Å². The molecule has 3 heteroatoms. The van der Waals surface area contributed by atoms with E-state index < -0.39 is 0 Å². The summed E-state index contributed by atoms with van der Waals surface area (Å²) in [4.78, 5) is 12.7. The lowest BCUT2D eigenvalue weighted by Gasteiger charge is -2.26. The number of ketones is 1. The molecule has 1 saturated heterocycles. The number of hydrogen-bond donors (Lipinski definition) is 1. The molecule has 1 aliphatic heterocycles. The first-order chi connectivity index (χ1) is 9.79. The predicted octanol–water partition coefficient (Wildman–Crippen LogP) is 2.76. The van der Waals surface area contributed by atoms with Crippen LogP contribution in [0.5, 0.6) is 0 Å². The van der Waals surface area contributed by atoms with Gasteiger partial charge in [-0.1, -0.05) is 31.5 Å². The first-order valence-electron chi connectivity index (χ1n) is 7.75. The highest BCUT2D eigenvalue weighted by atomic mass is 16.5. The zero-order valence-corrected chi connectivity index (χ0v) is 12.1. The van der Waals surface area contributed by atoms with Gasteiger partial charge in [0, 0.05) is 11.6 Å². The van der Waals surface area contributed by atoms with Crippen LogP contribution in [0.25, 0.3) is 0 Å². The Bertz CT molecular complexity index is 482. The fraction of sp³-hybridized carbons (Fsp3) is 0.588. The fourth-order valence-electron chi connectivity index (χ4n) is 3.18. The van der Waals surface area contributed by atoms with Crippen molar-refractivity contribution >= 4 is 5.78 Å². The predicted molar refractivity (Wildman–Crippen MR) is 79.1 cm³/mol. The van der Waals surface area contributed by atoms with E-state index in [1.807, 2.05) is 12.1 Å². The third kappa shape index (κ3) is 2.65. The number of benzene rings is 1. The fourth-order valence-corrected chi connectivity index (χ4v) is 3.18. The van der Waals surface area contributed by atoms with Crippen molar-refractivity contribution < 1.29 is 9.53 Å². The van der Waals surface area contributed by atoms with Crippen LogP contribution in [0.3, 0.4) is 0 Å². The van der Waals surface area contributed by atoms with E-state index in [9.17, 15) is 4.79 Å². The largest absolute Gasteiger partial charge is 0.379 e. The van der Waals surface area contributed by atoms with E-state index in [-0.39, 0.29) is 17.7 Å². The Kier molecular flexibility index (Phi) is 4.18. The van der Waals surface area contributed by atoms with Crippen molar-refractivity contribution in [2.24, 2.45) is 5.92 Å². The van der Waals surface area contributed by atoms with Crippen LogP contribution in [-0.4, -0.2) is 31.6 Å². The van der Waals surface area contributed by atoms with Crippen LogP contribution in [0.1, 0.15) is 48.0 Å². The molecule has 0 radical (unpaired) electrons. The molecule has 1 aliphatic carbocycles. The summed E-state index contributed by atoms with van der Waals surface area (Å²) < 4.78 is 5.49. The van der Waals surface area contributed by atoms with Crippen LogP contribution in [-0.2, 0) is 4.74 Å². The number of likely N-dealkylation sites (N-methyl/N-ethyl adjacent to an activating group) is 1. The second-order valence-electron chi connectivity index (χ2n) is 5.93. The maximum atomic E-state index is 12.7. The maximum Gasteiger partial charge on any atom is 0.169 e. The summed E-state index contributed by atoms with van der Waals surface area (Å²) >= 11 is 0. The average Bonchev–Trinajstić information content (AvgIpc) is 2.85. The Morgan fingerprint density at radius 2 is 2.20 bits per heavy atom. The highest BCUT2D eigenvalue weighted by Gasteiger charge is 2.34. The van der Waals surface area contributed by atoms with Crippen LogP contribution in [0.4, 0.5) is 0 Å². The quantitative estimate of drug-likeness (QED) is 0.838. The minimum atomic E-state index is -0.0356. The Hall–Kier alpha value is -1.19. The molecule has 1 aromatic rings. The van der Waals surface area contributed by atoms with Crippen LogP contribution in [0.15, 0.2) is 24.3 Å². The number of ether oxygens (including phenoxy) is 1. The van der Waals surface area contributed by atoms with Gasteiger partial charge in [-0.2, -0.15) is 0 Å². The normalized spacial score (nSPS) is 26.4. The lowest BCUT2D eigenvalue weighted by atomic mass is 9.79. The Balaban J connectivity index is 1.76. The molecule has 3 rings (SSSR count). The van der Waals surface area contributed by atoms with Gasteiger partial charge in [0.25, 0.3) is 0 Å². The molecule has 0 spiro atoms. The smallest absolute Gasteiger partial charge is 0.169 e. The number of Topliss-reactive ketones (excluding diaryl/α,β-unsaturated/α-hetero) is 1. The molecule has 1 N–H and O–H groups in total. The Morgan fingerprint density at radius 1 is 1.35 bits per heavy atom. The number of nitrogens with one attached hydrogen (secondary N) is 1. The van der Waals surface area contributed by atoms with Gasteiger partial charge < -0.3 is 10.1 Å². The third-order valence-electron chi connectivity index (χ3n) is 4.63. The molecule has 0 amide bonds. The molecule has 20 heavy (non-hydrogen) atoms. The molecule has 2 fully saturated rings. The maximum absolute atomic E-state index is 12.7. The van der Waals surface area contributed by atoms with Gasteiger partial charge in [-0.3, -0.25) is 4.79 Å². The molecule has 108 valence electrons. The molecule has 1 heterocycles. The van der Waals surface area contributed by atoms with Gasteiger partial charge >= 0.3 is 0 Å². The van der Waals surface area contributed by atoms with Gasteiger partial charge in [0.05, 0.1) is 19.1 Å². The van der Waals surface area contributed by atoms with E-state index in [1.54, 1.807) is 0 Å². The van der Waals surface area contributed by atoms with E-state index in [0.29, 0.717) is 19.1 Å². The molecular weight excluding hydrogens is 250 g/mol. The monoisotopic (exact) mass is 273 g/mol. The van der Waals surface area contributed by atoms with Gasteiger partial charge in [0.1, 0.15) is 0 Å². The summed E-state index contributed by atoms with van der Waals surface area (Å²) in [6, 6.07) is 8.41. The number of carbonyl (C=O) groups excluding carboxylic acids is 1. The van der Waals surface area contributed by atoms with Crippen molar-refractivity contribution in [1.29, 1.82) is 0 Å². The second kappa shape index (κ2) is 6.06. The van der Waals surface area contributed by atoms with E-state index in [4.69, 9.17) is 4.74 Å². The van der Waals surface area contributed by atoms with Gasteiger partial charge in [0.2, 0.25) is 0 Å². The van der Waals surface area contributed by atoms with E-state index in [1.165, 1.54) is 24.8 Å². The van der Waals surface area contributed by atoms with Gasteiger partial charge in [-0.15, -0.1) is 0 Å². The van der Waals surface area contributed by atoms with Crippen molar-refractivity contribution in [2.75, 3.05) is 19.8 Å². The molecule has 2 atom stereocenters. The zero-order chi connectivity index (χ0) is 13.9. The van der Waals surface area contributed by atoms with E-state index in [2.05, 4.69) is 24.4 Å². The first kappa shape index (κ1) is 13.8. The molecule has 1 aromatic carbocycles. The molecule has 2 aliphatic rings. The summed E-state index contributed by atoms with van der Waals surface area (Å²) in [5.74, 6) is 0.869. The van der Waals surface area contributed by atoms with Crippen molar-refractivity contribution in [3.63, 3.8) is 0 Å². The molecule has 1 saturated carbocycles. The molecule has 2 unspecified atom stereocenters. The Morgan fingerprint density at radius 3 is 2.90 bits per heavy atom. The summed E-state index contributed by atoms with van der Waals surface area (Å²) in [7, 11) is 0. The number of carbonyl (C=O) groups is 1. The number of hydrogen-bond acceptors (Lipinski definition) is 3. The summed E-state index contributed by atoms with van der Waals surface area (Å²) in [6.07, 6.45) is 3.86. The van der Waals surface area contributed by atoms with Crippen LogP contribution >= 0.6 is 0 Å². The van der Waals surface area contributed by atoms with Crippen LogP contribution in [0.2, 0.25) is 0 Å². The van der Waals surface area contributed by atoms with E-state index >= 15 is 0 Å². The van der Waals surface area contributed by atoms with Gasteiger partial charge in [-0.25, -0.2) is 0 Å². The van der Waals surface area contributed by atoms with Crippen molar-refractivity contribution in [1.82, 2.24) is 5.32 Å². The third-order valence-corrected chi connectivity index (χ3v) is 4.63. The molecule has 0 aromatic heterocycles. The lowest BCUT2D eigenvalue weighted by molar-refractivity contribution is 0.0891. The van der Waals surface area contributed by atoms with Crippen molar-refractivity contribution in [2.45, 2.75) is 38.1 Å². The highest BCUT2D eigenvalue weighted by Crippen LogP contribution is 2.36. The highest BCUT2D eigenvalue weighted by molar-refractivity contribution is 5.98. The first-order valence-corrected chi connectivity index (χ1v) is 7.75. The average molecular weight is 273 g/mol. The number of rotatable bonds is 5. The summed E-state index contributed by atoms with van der Waals surface area (Å²) in [5.41, 5.74) is 2.19. The van der Waals surface area contributed by atoms with Crippen LogP contribution < -0.4 is 5.32 Å². The molecule has 0 bridgehead atoms. The zero-order valence-electron chi connectivity index (χ0n) is 12.1.